The van der Waals surface area contributed by atoms with Gasteiger partial charge >= 0.3 is 6.09 Å². The Morgan fingerprint density at radius 2 is 2.00 bits per heavy atom. The van der Waals surface area contributed by atoms with Crippen LogP contribution in [0, 0.1) is 11.6 Å². The van der Waals surface area contributed by atoms with Crippen molar-refractivity contribution in [2.45, 2.75) is 25.3 Å². The third-order valence-electron chi connectivity index (χ3n) is 4.77. The van der Waals surface area contributed by atoms with Gasteiger partial charge in [0.25, 0.3) is 0 Å². The largest absolute Gasteiger partial charge is 0.508 e. The number of benzene rings is 2. The number of amides is 1. The summed E-state index contributed by atoms with van der Waals surface area (Å²) < 4.78 is 32.3. The topological polar surface area (TPSA) is 61.8 Å². The molecule has 7 heteroatoms. The van der Waals surface area contributed by atoms with Crippen LogP contribution in [-0.4, -0.2) is 42.3 Å². The lowest BCUT2D eigenvalue weighted by Crippen LogP contribution is -2.27. The molecule has 1 heterocycles. The van der Waals surface area contributed by atoms with Crippen LogP contribution in [0.1, 0.15) is 19.3 Å². The third kappa shape index (κ3) is 4.95. The number of rotatable bonds is 5. The summed E-state index contributed by atoms with van der Waals surface area (Å²) in [5, 5.41) is 12.3. The lowest BCUT2D eigenvalue weighted by molar-refractivity contribution is 0.147. The van der Waals surface area contributed by atoms with Crippen LogP contribution in [0.2, 0.25) is 0 Å². The fraction of sp³-hybridized carbons (Fsp3) is 0.350. The average Bonchev–Trinajstić information content (AvgIpc) is 3.01. The van der Waals surface area contributed by atoms with E-state index >= 15 is 0 Å². The Morgan fingerprint density at radius 1 is 1.26 bits per heavy atom. The second kappa shape index (κ2) is 8.35. The Morgan fingerprint density at radius 3 is 2.67 bits per heavy atom. The highest BCUT2D eigenvalue weighted by Crippen LogP contribution is 2.32. The number of aromatic hydroxyl groups is 1. The van der Waals surface area contributed by atoms with Crippen molar-refractivity contribution in [3.8, 4) is 16.9 Å². The monoisotopic (exact) mass is 376 g/mol. The minimum atomic E-state index is -0.748. The van der Waals surface area contributed by atoms with E-state index in [0.29, 0.717) is 17.3 Å². The van der Waals surface area contributed by atoms with Crippen molar-refractivity contribution < 1.29 is 23.4 Å². The zero-order valence-corrected chi connectivity index (χ0v) is 15.0. The second-order valence-corrected chi connectivity index (χ2v) is 6.71. The first-order chi connectivity index (χ1) is 12.9. The molecule has 27 heavy (non-hydrogen) atoms. The predicted molar refractivity (Wildman–Crippen MR) is 98.7 cm³/mol. The summed E-state index contributed by atoms with van der Waals surface area (Å²) in [6.07, 6.45) is 2.34. The average molecular weight is 376 g/mol. The zero-order chi connectivity index (χ0) is 19.4. The molecule has 2 aromatic carbocycles. The van der Waals surface area contributed by atoms with Gasteiger partial charge in [0, 0.05) is 17.7 Å². The summed E-state index contributed by atoms with van der Waals surface area (Å²) in [4.78, 5) is 14.4. The Balaban J connectivity index is 1.68. The van der Waals surface area contributed by atoms with E-state index in [4.69, 9.17) is 4.74 Å². The van der Waals surface area contributed by atoms with Gasteiger partial charge in [-0.15, -0.1) is 0 Å². The summed E-state index contributed by atoms with van der Waals surface area (Å²) in [5.41, 5.74) is 0.785. The predicted octanol–water partition coefficient (Wildman–Crippen LogP) is 4.37. The van der Waals surface area contributed by atoms with Gasteiger partial charge in [-0.25, -0.2) is 13.6 Å². The fourth-order valence-corrected chi connectivity index (χ4v) is 3.37. The summed E-state index contributed by atoms with van der Waals surface area (Å²) in [6, 6.07) is 7.60. The minimum Gasteiger partial charge on any atom is -0.508 e. The van der Waals surface area contributed by atoms with E-state index in [2.05, 4.69) is 17.3 Å². The summed E-state index contributed by atoms with van der Waals surface area (Å²) in [5.74, 6) is -1.58. The Hall–Kier alpha value is -2.67. The number of ether oxygens (including phenoxy) is 1. The number of nitrogens with zero attached hydrogens (tertiary/aromatic N) is 1. The number of phenols is 1. The van der Waals surface area contributed by atoms with Gasteiger partial charge in [-0.3, -0.25) is 5.32 Å². The molecule has 0 bridgehead atoms. The van der Waals surface area contributed by atoms with Gasteiger partial charge in [-0.1, -0.05) is 0 Å². The zero-order valence-electron chi connectivity index (χ0n) is 15.0. The molecule has 1 aliphatic rings. The van der Waals surface area contributed by atoms with Crippen LogP contribution in [0.5, 0.6) is 5.75 Å². The molecule has 1 fully saturated rings. The highest BCUT2D eigenvalue weighted by molar-refractivity contribution is 5.92. The maximum absolute atomic E-state index is 13.5. The van der Waals surface area contributed by atoms with Crippen LogP contribution in [0.25, 0.3) is 11.1 Å². The normalized spacial score (nSPS) is 17.1. The molecule has 3 rings (SSSR count). The molecule has 1 atom stereocenters. The van der Waals surface area contributed by atoms with Crippen molar-refractivity contribution in [2.24, 2.45) is 0 Å². The lowest BCUT2D eigenvalue weighted by atomic mass is 10.0. The van der Waals surface area contributed by atoms with Crippen LogP contribution in [0.15, 0.2) is 36.4 Å². The number of carbonyl (C=O) groups excluding carboxylic acids is 1. The first-order valence-electron chi connectivity index (χ1n) is 8.86. The van der Waals surface area contributed by atoms with E-state index in [1.54, 1.807) is 0 Å². The highest BCUT2D eigenvalue weighted by Gasteiger charge is 2.21. The first kappa shape index (κ1) is 19.1. The molecule has 0 spiro atoms. The van der Waals surface area contributed by atoms with Crippen LogP contribution < -0.4 is 5.32 Å². The van der Waals surface area contributed by atoms with Crippen molar-refractivity contribution in [1.82, 2.24) is 4.90 Å². The number of anilines is 1. The molecule has 0 aliphatic carbocycles. The molecule has 5 nitrogen and oxygen atoms in total. The molecule has 144 valence electrons. The number of halogens is 2. The van der Waals surface area contributed by atoms with E-state index in [1.165, 1.54) is 18.2 Å². The van der Waals surface area contributed by atoms with Gasteiger partial charge in [0.1, 0.15) is 17.4 Å². The van der Waals surface area contributed by atoms with Crippen LogP contribution in [-0.2, 0) is 4.74 Å². The number of likely N-dealkylation sites (tertiary alicyclic amines) is 1. The van der Waals surface area contributed by atoms with E-state index < -0.39 is 17.7 Å². The number of hydrogen-bond donors (Lipinski definition) is 2. The standard InChI is InChI=1S/C20H22F2N2O3/c1-24-7-2-3-16(24)6-8-27-20(26)23-19-5-4-17(25)12-18(19)13-9-14(21)11-15(22)10-13/h4-5,9-12,16,25H,2-3,6-8H2,1H3,(H,23,26). The molecule has 0 aromatic heterocycles. The molecule has 0 saturated carbocycles. The fourth-order valence-electron chi connectivity index (χ4n) is 3.37. The molecular formula is C20H22F2N2O3. The van der Waals surface area contributed by atoms with Crippen molar-refractivity contribution in [2.75, 3.05) is 25.5 Å². The van der Waals surface area contributed by atoms with Gasteiger partial charge in [0.15, 0.2) is 0 Å². The van der Waals surface area contributed by atoms with Crippen LogP contribution >= 0.6 is 0 Å². The maximum Gasteiger partial charge on any atom is 0.411 e. The first-order valence-corrected chi connectivity index (χ1v) is 8.86. The summed E-state index contributed by atoms with van der Waals surface area (Å²) >= 11 is 0. The van der Waals surface area contributed by atoms with Crippen molar-refractivity contribution in [3.63, 3.8) is 0 Å². The highest BCUT2D eigenvalue weighted by atomic mass is 19.1. The smallest absolute Gasteiger partial charge is 0.411 e. The Kier molecular flexibility index (Phi) is 5.91. The Labute approximate surface area is 156 Å². The maximum atomic E-state index is 13.5. The van der Waals surface area contributed by atoms with Crippen LogP contribution in [0.3, 0.4) is 0 Å². The van der Waals surface area contributed by atoms with Gasteiger partial charge < -0.3 is 14.7 Å². The molecular weight excluding hydrogens is 354 g/mol. The molecule has 1 saturated heterocycles. The third-order valence-corrected chi connectivity index (χ3v) is 4.77. The van der Waals surface area contributed by atoms with Gasteiger partial charge in [-0.2, -0.15) is 0 Å². The SMILES string of the molecule is CN1CCCC1CCOC(=O)Nc1ccc(O)cc1-c1cc(F)cc(F)c1. The molecule has 2 N–H and O–H groups in total. The summed E-state index contributed by atoms with van der Waals surface area (Å²) in [6.45, 7) is 1.33. The van der Waals surface area contributed by atoms with Crippen molar-refractivity contribution >= 4 is 11.8 Å². The minimum absolute atomic E-state index is 0.0853. The molecule has 2 aromatic rings. The number of hydrogen-bond acceptors (Lipinski definition) is 4. The molecule has 1 amide bonds. The molecule has 1 aliphatic heterocycles. The molecule has 0 radical (unpaired) electrons. The number of carbonyl (C=O) groups is 1. The van der Waals surface area contributed by atoms with Crippen LogP contribution in [0.4, 0.5) is 19.3 Å². The Bertz CT molecular complexity index is 809. The van der Waals surface area contributed by atoms with Crippen molar-refractivity contribution in [1.29, 1.82) is 0 Å². The second-order valence-electron chi connectivity index (χ2n) is 6.71. The van der Waals surface area contributed by atoms with E-state index in [-0.39, 0.29) is 17.9 Å². The van der Waals surface area contributed by atoms with Crippen molar-refractivity contribution in [3.05, 3.63) is 48.0 Å². The number of phenolic OH excluding ortho intramolecular Hbond substituents is 1. The quantitative estimate of drug-likeness (QED) is 0.761. The van der Waals surface area contributed by atoms with E-state index in [9.17, 15) is 18.7 Å². The van der Waals surface area contributed by atoms with Gasteiger partial charge in [0.2, 0.25) is 0 Å². The van der Waals surface area contributed by atoms with Gasteiger partial charge in [0.05, 0.1) is 12.3 Å². The van der Waals surface area contributed by atoms with E-state index in [0.717, 1.165) is 44.0 Å². The molecule has 1 unspecified atom stereocenters. The van der Waals surface area contributed by atoms with Gasteiger partial charge in [-0.05, 0) is 68.8 Å². The van der Waals surface area contributed by atoms with E-state index in [1.807, 2.05) is 0 Å². The lowest BCUT2D eigenvalue weighted by Gasteiger charge is -2.19. The summed E-state index contributed by atoms with van der Waals surface area (Å²) in [7, 11) is 2.05. The number of nitrogens with one attached hydrogen (secondary N) is 1.